The van der Waals surface area contributed by atoms with Gasteiger partial charge >= 0.3 is 0 Å². The molecule has 0 bridgehead atoms. The molecule has 0 radical (unpaired) electrons. The minimum Gasteiger partial charge on any atom is -0.297 e. The second kappa shape index (κ2) is 3.32. The Hall–Kier alpha value is -0.890. The van der Waals surface area contributed by atoms with Gasteiger partial charge in [0.05, 0.1) is 12.5 Å². The minimum atomic E-state index is -3.25. The molecule has 10 heavy (non-hydrogen) atoms. The zero-order valence-electron chi connectivity index (χ0n) is 5.49. The lowest BCUT2D eigenvalue weighted by atomic mass is 10.3. The molecule has 0 unspecified atom stereocenters. The van der Waals surface area contributed by atoms with Gasteiger partial charge in [-0.05, 0) is 0 Å². The van der Waals surface area contributed by atoms with E-state index in [0.717, 1.165) is 6.26 Å². The van der Waals surface area contributed by atoms with Crippen LogP contribution < -0.4 is 0 Å². The third-order valence-corrected chi connectivity index (χ3v) is 1.55. The van der Waals surface area contributed by atoms with Crippen molar-refractivity contribution in [1.29, 1.82) is 5.26 Å². The van der Waals surface area contributed by atoms with Crippen molar-refractivity contribution >= 4 is 15.6 Å². The second-order valence-electron chi connectivity index (χ2n) is 1.94. The average molecular weight is 161 g/mol. The molecular weight excluding hydrogens is 154 g/mol. The Kier molecular flexibility index (Phi) is 3.03. The van der Waals surface area contributed by atoms with Crippen LogP contribution in [0.2, 0.25) is 0 Å². The van der Waals surface area contributed by atoms with Gasteiger partial charge in [-0.1, -0.05) is 0 Å². The smallest absolute Gasteiger partial charge is 0.161 e. The lowest BCUT2D eigenvalue weighted by molar-refractivity contribution is -0.115. The van der Waals surface area contributed by atoms with Crippen LogP contribution in [0.25, 0.3) is 0 Å². The maximum Gasteiger partial charge on any atom is 0.161 e. The predicted molar refractivity (Wildman–Crippen MR) is 34.9 cm³/mol. The predicted octanol–water partition coefficient (Wildman–Crippen LogP) is -0.486. The molecule has 0 aromatic heterocycles. The number of hydrogen-bond acceptors (Lipinski definition) is 4. The van der Waals surface area contributed by atoms with Crippen molar-refractivity contribution in [2.45, 2.75) is 6.42 Å². The van der Waals surface area contributed by atoms with Crippen LogP contribution in [0.3, 0.4) is 0 Å². The lowest BCUT2D eigenvalue weighted by Crippen LogP contribution is -2.13. The normalized spacial score (nSPS) is 10.4. The molecule has 0 rings (SSSR count). The summed E-state index contributed by atoms with van der Waals surface area (Å²) < 4.78 is 20.8. The van der Waals surface area contributed by atoms with Gasteiger partial charge in [0.1, 0.15) is 5.75 Å². The third-order valence-electron chi connectivity index (χ3n) is 0.699. The number of sulfone groups is 1. The van der Waals surface area contributed by atoms with Gasteiger partial charge in [-0.15, -0.1) is 0 Å². The molecule has 0 fully saturated rings. The van der Waals surface area contributed by atoms with Crippen LogP contribution in [-0.2, 0) is 14.6 Å². The Morgan fingerprint density at radius 3 is 2.40 bits per heavy atom. The van der Waals surface area contributed by atoms with E-state index in [2.05, 4.69) is 0 Å². The van der Waals surface area contributed by atoms with Crippen molar-refractivity contribution in [2.75, 3.05) is 12.0 Å². The van der Waals surface area contributed by atoms with Crippen LogP contribution in [0.5, 0.6) is 0 Å². The number of carbonyl (C=O) groups excluding carboxylic acids is 1. The molecule has 0 aliphatic carbocycles. The lowest BCUT2D eigenvalue weighted by Gasteiger charge is -1.90. The summed E-state index contributed by atoms with van der Waals surface area (Å²) in [5, 5.41) is 7.97. The van der Waals surface area contributed by atoms with E-state index in [0.29, 0.717) is 0 Å². The second-order valence-corrected chi connectivity index (χ2v) is 4.08. The van der Waals surface area contributed by atoms with Crippen LogP contribution >= 0.6 is 0 Å². The van der Waals surface area contributed by atoms with Crippen molar-refractivity contribution in [3.05, 3.63) is 0 Å². The number of hydrogen-bond donors (Lipinski definition) is 0. The molecule has 0 aliphatic heterocycles. The largest absolute Gasteiger partial charge is 0.297 e. The molecule has 0 spiro atoms. The molecule has 0 amide bonds. The number of nitrogens with zero attached hydrogens (tertiary/aromatic N) is 1. The fourth-order valence-electron chi connectivity index (χ4n) is 0.432. The average Bonchev–Trinajstić information content (AvgIpc) is 1.59. The molecule has 0 aliphatic rings. The third kappa shape index (κ3) is 5.25. The summed E-state index contributed by atoms with van der Waals surface area (Å²) in [7, 11) is -3.25. The maximum atomic E-state index is 10.5. The number of nitriles is 1. The SMILES string of the molecule is CS(=O)(=O)CC(=O)CC#N. The highest BCUT2D eigenvalue weighted by Gasteiger charge is 2.09. The molecule has 0 N–H and O–H groups in total. The van der Waals surface area contributed by atoms with E-state index in [4.69, 9.17) is 5.26 Å². The first kappa shape index (κ1) is 9.11. The summed E-state index contributed by atoms with van der Waals surface area (Å²) in [5.41, 5.74) is 0. The van der Waals surface area contributed by atoms with E-state index in [1.54, 1.807) is 6.07 Å². The summed E-state index contributed by atoms with van der Waals surface area (Å²) in [4.78, 5) is 10.5. The molecular formula is C5H7NO3S. The molecule has 0 aromatic carbocycles. The van der Waals surface area contributed by atoms with Crippen molar-refractivity contribution in [3.8, 4) is 6.07 Å². The topological polar surface area (TPSA) is 75.0 Å². The molecule has 4 nitrogen and oxygen atoms in total. The molecule has 0 saturated carbocycles. The number of Topliss-reactive ketones (excluding diaryl/α,β-unsaturated/α-hetero) is 1. The molecule has 0 heterocycles. The summed E-state index contributed by atoms with van der Waals surface area (Å²) in [6.45, 7) is 0. The zero-order valence-corrected chi connectivity index (χ0v) is 6.31. The highest BCUT2D eigenvalue weighted by molar-refractivity contribution is 7.91. The van der Waals surface area contributed by atoms with Gasteiger partial charge in [-0.25, -0.2) is 8.42 Å². The zero-order chi connectivity index (χ0) is 8.20. The van der Waals surface area contributed by atoms with Gasteiger partial charge in [0.15, 0.2) is 15.6 Å². The van der Waals surface area contributed by atoms with Crippen molar-refractivity contribution < 1.29 is 13.2 Å². The first-order valence-electron chi connectivity index (χ1n) is 2.52. The number of carbonyl (C=O) groups is 1. The van der Waals surface area contributed by atoms with Gasteiger partial charge in [0.2, 0.25) is 0 Å². The van der Waals surface area contributed by atoms with Crippen molar-refractivity contribution in [3.63, 3.8) is 0 Å². The van der Waals surface area contributed by atoms with Crippen LogP contribution in [0.15, 0.2) is 0 Å². The Balaban J connectivity index is 3.97. The fourth-order valence-corrected chi connectivity index (χ4v) is 1.12. The van der Waals surface area contributed by atoms with E-state index in [1.807, 2.05) is 0 Å². The van der Waals surface area contributed by atoms with Crippen molar-refractivity contribution in [2.24, 2.45) is 0 Å². The molecule has 0 aromatic rings. The van der Waals surface area contributed by atoms with E-state index >= 15 is 0 Å². The molecule has 56 valence electrons. The highest BCUT2D eigenvalue weighted by atomic mass is 32.2. The Labute approximate surface area is 59.4 Å². The monoisotopic (exact) mass is 161 g/mol. The maximum absolute atomic E-state index is 10.5. The summed E-state index contributed by atoms with van der Waals surface area (Å²) in [6, 6.07) is 1.58. The number of ketones is 1. The van der Waals surface area contributed by atoms with Gasteiger partial charge in [0, 0.05) is 6.26 Å². The first-order chi connectivity index (χ1) is 4.45. The van der Waals surface area contributed by atoms with Crippen molar-refractivity contribution in [1.82, 2.24) is 0 Å². The first-order valence-corrected chi connectivity index (χ1v) is 4.58. The quantitative estimate of drug-likeness (QED) is 0.560. The fraction of sp³-hybridized carbons (Fsp3) is 0.600. The minimum absolute atomic E-state index is 0.326. The standard InChI is InChI=1S/C5H7NO3S/c1-10(8,9)4-5(7)2-3-6/h2,4H2,1H3. The summed E-state index contributed by atoms with van der Waals surface area (Å²) >= 11 is 0. The highest BCUT2D eigenvalue weighted by Crippen LogP contribution is 1.87. The van der Waals surface area contributed by atoms with Gasteiger partial charge in [-0.2, -0.15) is 5.26 Å². The van der Waals surface area contributed by atoms with Crippen LogP contribution in [0, 0.1) is 11.3 Å². The molecule has 5 heteroatoms. The van der Waals surface area contributed by atoms with E-state index < -0.39 is 21.4 Å². The van der Waals surface area contributed by atoms with Gasteiger partial charge in [0.25, 0.3) is 0 Å². The van der Waals surface area contributed by atoms with Gasteiger partial charge < -0.3 is 0 Å². The van der Waals surface area contributed by atoms with E-state index in [9.17, 15) is 13.2 Å². The summed E-state index contributed by atoms with van der Waals surface area (Å²) in [5.74, 6) is -1.08. The molecule has 0 saturated heterocycles. The van der Waals surface area contributed by atoms with E-state index in [1.165, 1.54) is 0 Å². The Bertz CT molecular complexity index is 259. The number of rotatable bonds is 3. The molecule has 0 atom stereocenters. The van der Waals surface area contributed by atoms with Crippen LogP contribution in [0.4, 0.5) is 0 Å². The Morgan fingerprint density at radius 1 is 1.60 bits per heavy atom. The Morgan fingerprint density at radius 2 is 2.10 bits per heavy atom. The summed E-state index contributed by atoms with van der Waals surface area (Å²) in [6.07, 6.45) is 0.634. The van der Waals surface area contributed by atoms with Gasteiger partial charge in [-0.3, -0.25) is 4.79 Å². The van der Waals surface area contributed by atoms with Crippen LogP contribution in [0.1, 0.15) is 6.42 Å². The van der Waals surface area contributed by atoms with Crippen LogP contribution in [-0.4, -0.2) is 26.2 Å². The van der Waals surface area contributed by atoms with E-state index in [-0.39, 0.29) is 6.42 Å².